The summed E-state index contributed by atoms with van der Waals surface area (Å²) in [5.74, 6) is 2.70. The lowest BCUT2D eigenvalue weighted by Crippen LogP contribution is -2.23. The van der Waals surface area contributed by atoms with Crippen LogP contribution in [0.3, 0.4) is 0 Å². The molecule has 0 radical (unpaired) electrons. The van der Waals surface area contributed by atoms with Crippen LogP contribution < -0.4 is 0 Å². The summed E-state index contributed by atoms with van der Waals surface area (Å²) in [7, 11) is 0. The summed E-state index contributed by atoms with van der Waals surface area (Å²) in [6.45, 7) is 0. The van der Waals surface area contributed by atoms with Crippen molar-refractivity contribution in [3.05, 3.63) is 95.1 Å². The molecule has 0 N–H and O–H groups in total. The minimum Gasteiger partial charge on any atom is -0.0581 e. The lowest BCUT2D eigenvalue weighted by Gasteiger charge is -2.39. The van der Waals surface area contributed by atoms with Gasteiger partial charge < -0.3 is 0 Å². The third kappa shape index (κ3) is 2.07. The van der Waals surface area contributed by atoms with Crippen LogP contribution in [0.5, 0.6) is 0 Å². The zero-order valence-electron chi connectivity index (χ0n) is 16.1. The molecule has 28 heavy (non-hydrogen) atoms. The molecule has 2 saturated carbocycles. The minimum atomic E-state index is 0.674. The third-order valence-electron chi connectivity index (χ3n) is 8.04. The lowest BCUT2D eigenvalue weighted by molar-refractivity contribution is 0.346. The molecule has 0 aliphatic heterocycles. The second kappa shape index (κ2) is 5.47. The van der Waals surface area contributed by atoms with Gasteiger partial charge in [-0.3, -0.25) is 0 Å². The Morgan fingerprint density at radius 2 is 0.643 bits per heavy atom. The molecule has 0 heteroatoms. The molecule has 3 aliphatic carbocycles. The van der Waals surface area contributed by atoms with Crippen molar-refractivity contribution in [1.82, 2.24) is 0 Å². The van der Waals surface area contributed by atoms with Crippen LogP contribution in [0.4, 0.5) is 0 Å². The Morgan fingerprint density at radius 3 is 0.893 bits per heavy atom. The van der Waals surface area contributed by atoms with Crippen molar-refractivity contribution in [1.29, 1.82) is 0 Å². The molecule has 4 atom stereocenters. The molecule has 4 aromatic rings. The summed E-state index contributed by atoms with van der Waals surface area (Å²) in [5, 5.41) is 5.64. The Balaban J connectivity index is 1.50. The van der Waals surface area contributed by atoms with Crippen molar-refractivity contribution in [2.24, 2.45) is 0 Å². The van der Waals surface area contributed by atoms with Crippen molar-refractivity contribution in [2.45, 2.75) is 49.4 Å². The second-order valence-electron chi connectivity index (χ2n) is 9.31. The molecule has 3 aliphatic rings. The first-order valence-electron chi connectivity index (χ1n) is 10.9. The average Bonchev–Trinajstić information content (AvgIpc) is 2.65. The van der Waals surface area contributed by atoms with Crippen LogP contribution >= 0.6 is 0 Å². The van der Waals surface area contributed by atoms with Crippen molar-refractivity contribution in [3.8, 4) is 0 Å². The Morgan fingerprint density at radius 1 is 0.357 bits per heavy atom. The number of hydrogen-bond acceptors (Lipinski definition) is 0. The van der Waals surface area contributed by atoms with E-state index in [4.69, 9.17) is 0 Å². The molecule has 0 spiro atoms. The van der Waals surface area contributed by atoms with E-state index in [0.29, 0.717) is 23.7 Å². The number of rotatable bonds is 0. The van der Waals surface area contributed by atoms with Gasteiger partial charge in [-0.2, -0.15) is 0 Å². The van der Waals surface area contributed by atoms with Gasteiger partial charge in [-0.05, 0) is 93.2 Å². The van der Waals surface area contributed by atoms with E-state index in [9.17, 15) is 0 Å². The van der Waals surface area contributed by atoms with Gasteiger partial charge in [0.15, 0.2) is 0 Å². The van der Waals surface area contributed by atoms with Crippen molar-refractivity contribution < 1.29 is 0 Å². The first-order valence-corrected chi connectivity index (χ1v) is 10.9. The van der Waals surface area contributed by atoms with Gasteiger partial charge in [0.05, 0.1) is 0 Å². The summed E-state index contributed by atoms with van der Waals surface area (Å²) in [6, 6.07) is 28.9. The number of benzene rings is 4. The molecule has 4 aromatic carbocycles. The van der Waals surface area contributed by atoms with Crippen LogP contribution in [0.1, 0.15) is 71.6 Å². The van der Waals surface area contributed by atoms with Gasteiger partial charge in [0, 0.05) is 0 Å². The Hall–Kier alpha value is -2.60. The van der Waals surface area contributed by atoms with Gasteiger partial charge in [-0.15, -0.1) is 0 Å². The second-order valence-corrected chi connectivity index (χ2v) is 9.31. The highest BCUT2D eigenvalue weighted by Crippen LogP contribution is 2.52. The first-order chi connectivity index (χ1) is 13.8. The van der Waals surface area contributed by atoms with Crippen LogP contribution in [-0.4, -0.2) is 0 Å². The van der Waals surface area contributed by atoms with Gasteiger partial charge in [0.25, 0.3) is 0 Å². The number of fused-ring (bicyclic) bond motifs is 10. The highest BCUT2D eigenvalue weighted by molar-refractivity contribution is 5.86. The van der Waals surface area contributed by atoms with Crippen molar-refractivity contribution >= 4 is 21.5 Å². The quantitative estimate of drug-likeness (QED) is 0.302. The molecular weight excluding hydrogens is 336 g/mol. The fourth-order valence-electron chi connectivity index (χ4n) is 6.09. The van der Waals surface area contributed by atoms with E-state index in [0.717, 1.165) is 0 Å². The summed E-state index contributed by atoms with van der Waals surface area (Å²) in [4.78, 5) is 0. The third-order valence-corrected chi connectivity index (χ3v) is 8.04. The Kier molecular flexibility index (Phi) is 3.00. The average molecular weight is 361 g/mol. The highest BCUT2D eigenvalue weighted by Gasteiger charge is 2.35. The lowest BCUT2D eigenvalue weighted by atomic mass is 9.65. The van der Waals surface area contributed by atoms with Gasteiger partial charge in [0.1, 0.15) is 0 Å². The molecule has 7 rings (SSSR count). The zero-order valence-corrected chi connectivity index (χ0v) is 16.1. The van der Waals surface area contributed by atoms with Gasteiger partial charge in [-0.25, -0.2) is 0 Å². The predicted octanol–water partition coefficient (Wildman–Crippen LogP) is 7.63. The fourth-order valence-corrected chi connectivity index (χ4v) is 6.09. The topological polar surface area (TPSA) is 0 Å². The van der Waals surface area contributed by atoms with Gasteiger partial charge in [-0.1, -0.05) is 72.8 Å². The summed E-state index contributed by atoms with van der Waals surface area (Å²) >= 11 is 0. The van der Waals surface area contributed by atoms with E-state index < -0.39 is 0 Å². The molecule has 2 fully saturated rings. The van der Waals surface area contributed by atoms with E-state index in [1.54, 1.807) is 0 Å². The first kappa shape index (κ1) is 15.3. The maximum atomic E-state index is 2.49. The van der Waals surface area contributed by atoms with Crippen LogP contribution in [0.2, 0.25) is 0 Å². The molecule has 0 nitrogen and oxygen atoms in total. The highest BCUT2D eigenvalue weighted by atomic mass is 14.4. The molecule has 136 valence electrons. The molecule has 0 amide bonds. The largest absolute Gasteiger partial charge is 0.0581 e. The predicted molar refractivity (Wildman–Crippen MR) is 117 cm³/mol. The smallest absolute Gasteiger partial charge is 0.00926 e. The summed E-state index contributed by atoms with van der Waals surface area (Å²) in [6.07, 6.45) is 5.27. The zero-order chi connectivity index (χ0) is 18.2. The van der Waals surface area contributed by atoms with Crippen LogP contribution in [-0.2, 0) is 0 Å². The normalized spacial score (nSPS) is 27.4. The van der Waals surface area contributed by atoms with Crippen molar-refractivity contribution in [3.63, 3.8) is 0 Å². The minimum absolute atomic E-state index is 0.674. The Bertz CT molecular complexity index is 1060. The molecule has 4 unspecified atom stereocenters. The fraction of sp³-hybridized carbons (Fsp3) is 0.286. The van der Waals surface area contributed by atoms with E-state index in [1.165, 1.54) is 69.5 Å². The van der Waals surface area contributed by atoms with Crippen molar-refractivity contribution in [2.75, 3.05) is 0 Å². The molecule has 6 bridgehead atoms. The van der Waals surface area contributed by atoms with E-state index in [-0.39, 0.29) is 0 Å². The van der Waals surface area contributed by atoms with Crippen LogP contribution in [0.15, 0.2) is 72.8 Å². The summed E-state index contributed by atoms with van der Waals surface area (Å²) in [5.41, 5.74) is 6.16. The molecule has 0 aromatic heterocycles. The van der Waals surface area contributed by atoms with Gasteiger partial charge >= 0.3 is 0 Å². The monoisotopic (exact) mass is 360 g/mol. The van der Waals surface area contributed by atoms with E-state index >= 15 is 0 Å². The Labute approximate surface area is 166 Å². The molecular formula is C28H24. The summed E-state index contributed by atoms with van der Waals surface area (Å²) < 4.78 is 0. The molecule has 0 heterocycles. The SMILES string of the molecule is c1cc2ccc3cc2cc1C1CCC1c1ccc2ccc(cc2c1)C1CCC31. The van der Waals surface area contributed by atoms with Crippen LogP contribution in [0, 0.1) is 0 Å². The maximum absolute atomic E-state index is 2.49. The maximum Gasteiger partial charge on any atom is -0.00926 e. The van der Waals surface area contributed by atoms with Gasteiger partial charge in [0.2, 0.25) is 0 Å². The van der Waals surface area contributed by atoms with E-state index in [1.807, 2.05) is 0 Å². The molecule has 0 saturated heterocycles. The number of hydrogen-bond donors (Lipinski definition) is 0. The van der Waals surface area contributed by atoms with Crippen LogP contribution in [0.25, 0.3) is 21.5 Å². The standard InChI is InChI=1S/C28H24/c1-5-19-13-23-14-20(6-2-17(1)23)27-11-12-28(27)22-8-4-18-3-7-21(15-24(18)16-22)26-10-9-25(19)26/h1-8,13-16,25-28H,9-12H2. The van der Waals surface area contributed by atoms with E-state index in [2.05, 4.69) is 72.8 Å².